The standard InChI is InChI=1S/C24H46O2.C24H6.O2.20H2/c1-4-5-6-7-8-9-10-11-12-13-14-15-16-17-18-19-20-22(2)21-23(3)24(25)26;1-3-5-7-9-11-13-15-17-19-21-23-24-22-20-18-16-14-12-10-8-6-4-2;1-2;;;;;;;;;;;;;;;;;;;;/h21-22H,4-20H2,1-3H3,(H,25,26);1-2H3;;20*1H/b23-21+;;;;;;;;;;;;;;;;;;;;;;/t22-;;;;;;;;;;;;;;;;;;;;;;/m0....................../s1. The van der Waals surface area contributed by atoms with Crippen LogP contribution in [0.15, 0.2) is 11.6 Å². The molecule has 0 bridgehead atoms. The first-order valence-corrected chi connectivity index (χ1v) is 17.9. The highest BCUT2D eigenvalue weighted by Gasteiger charge is 2.04. The predicted molar refractivity (Wildman–Crippen MR) is 261 cm³/mol. The average molecular weight is 733 g/mol. The number of aliphatic carboxylic acids is 1. The summed E-state index contributed by atoms with van der Waals surface area (Å²) in [5.74, 6) is 55.2. The van der Waals surface area contributed by atoms with E-state index < -0.39 is 5.97 Å². The molecule has 0 saturated carbocycles. The lowest BCUT2D eigenvalue weighted by Gasteiger charge is -2.07. The van der Waals surface area contributed by atoms with Crippen molar-refractivity contribution in [3.63, 3.8) is 0 Å². The molecule has 0 fully saturated rings. The summed E-state index contributed by atoms with van der Waals surface area (Å²) in [6, 6.07) is 0. The largest absolute Gasteiger partial charge is 0.478 e. The Hall–Kier alpha value is -6.03. The second-order valence-corrected chi connectivity index (χ2v) is 11.2. The zero-order chi connectivity index (χ0) is 39.0. The molecule has 1 N–H and O–H groups in total. The molecule has 308 valence electrons. The van der Waals surface area contributed by atoms with E-state index in [1.165, 1.54) is 103 Å². The SMILES string of the molecule is CC#CC#CC#CC#CC#CC#CC#CC#CC#CC#CC#CC.CCCCCCCCCCCCCCCCCC[C@H](C)/C=C(\C)C(=O)O.O=O.[HH].[HH].[HH].[HH].[HH].[HH].[HH].[HH].[HH].[HH].[HH].[HH].[HH].[HH].[HH].[HH].[HH].[HH].[HH].[HH]. The lowest BCUT2D eigenvalue weighted by Crippen LogP contribution is -1.99. The second-order valence-electron chi connectivity index (χ2n) is 11.2. The van der Waals surface area contributed by atoms with Gasteiger partial charge in [0, 0.05) is 67.7 Å². The normalized spacial score (nSPS) is 8.44. The monoisotopic (exact) mass is 733 g/mol. The van der Waals surface area contributed by atoms with E-state index in [1.807, 2.05) is 6.08 Å². The van der Waals surface area contributed by atoms with Crippen molar-refractivity contribution in [2.24, 2.45) is 5.92 Å². The maximum absolute atomic E-state index is 10.8. The van der Waals surface area contributed by atoms with Crippen molar-refractivity contribution in [2.75, 3.05) is 0 Å². The Bertz CT molecular complexity index is 1710. The molecule has 0 aromatic heterocycles. The molecule has 52 heavy (non-hydrogen) atoms. The van der Waals surface area contributed by atoms with E-state index in [1.54, 1.807) is 20.8 Å². The molecule has 0 aliphatic carbocycles. The molecular formula is C48H92O4. The topological polar surface area (TPSA) is 71.4 Å². The summed E-state index contributed by atoms with van der Waals surface area (Å²) in [5.41, 5.74) is 0.481. The number of carbonyl (C=O) groups is 1. The molecule has 0 aromatic carbocycles. The van der Waals surface area contributed by atoms with Gasteiger partial charge in [0.05, 0.1) is 0 Å². The van der Waals surface area contributed by atoms with Gasteiger partial charge in [-0.1, -0.05) is 134 Å². The summed E-state index contributed by atoms with van der Waals surface area (Å²) >= 11 is 0. The van der Waals surface area contributed by atoms with Gasteiger partial charge in [0.15, 0.2) is 0 Å². The molecule has 4 nitrogen and oxygen atoms in total. The Morgan fingerprint density at radius 1 is 0.481 bits per heavy atom. The molecule has 1 atom stereocenters. The van der Waals surface area contributed by atoms with Crippen molar-refractivity contribution in [3.05, 3.63) is 21.6 Å². The van der Waals surface area contributed by atoms with Crippen molar-refractivity contribution >= 4 is 5.97 Å². The maximum Gasteiger partial charge on any atom is 0.330 e. The van der Waals surface area contributed by atoms with Crippen molar-refractivity contribution in [3.8, 4) is 130 Å². The van der Waals surface area contributed by atoms with E-state index in [9.17, 15) is 4.79 Å². The summed E-state index contributed by atoms with van der Waals surface area (Å²) in [6.45, 7) is 9.49. The number of carboxylic acids is 1. The smallest absolute Gasteiger partial charge is 0.330 e. The first-order valence-electron chi connectivity index (χ1n) is 17.9. The third kappa shape index (κ3) is 48.4. The molecule has 0 spiro atoms. The van der Waals surface area contributed by atoms with E-state index in [0.717, 1.165) is 6.42 Å². The van der Waals surface area contributed by atoms with Gasteiger partial charge in [-0.2, -0.15) is 0 Å². The minimum atomic E-state index is -0.788. The van der Waals surface area contributed by atoms with Crippen molar-refractivity contribution < 1.29 is 38.4 Å². The highest BCUT2D eigenvalue weighted by atomic mass is 16.7. The quantitative estimate of drug-likeness (QED) is 0.0815. The Morgan fingerprint density at radius 3 is 0.942 bits per heavy atom. The zero-order valence-electron chi connectivity index (χ0n) is 31.8. The fourth-order valence-electron chi connectivity index (χ4n) is 4.28. The lowest BCUT2D eigenvalue weighted by molar-refractivity contribution is -0.132. The van der Waals surface area contributed by atoms with Crippen LogP contribution in [0.1, 0.15) is 172 Å². The summed E-state index contributed by atoms with van der Waals surface area (Å²) in [5, 5.41) is 8.88. The van der Waals surface area contributed by atoms with Gasteiger partial charge in [0.2, 0.25) is 0 Å². The fourth-order valence-corrected chi connectivity index (χ4v) is 4.28. The van der Waals surface area contributed by atoms with Gasteiger partial charge in [-0.05, 0) is 128 Å². The van der Waals surface area contributed by atoms with Crippen molar-refractivity contribution in [1.29, 1.82) is 0 Å². The van der Waals surface area contributed by atoms with Crippen LogP contribution in [0.4, 0.5) is 0 Å². The number of unbranched alkanes of at least 4 members (excludes halogenated alkanes) is 15. The van der Waals surface area contributed by atoms with Gasteiger partial charge in [-0.3, -0.25) is 0 Å². The second kappa shape index (κ2) is 47.1. The Balaban J connectivity index is -0.0000000242. The number of hydrogen-bond acceptors (Lipinski definition) is 3. The number of hydrogen-bond donors (Lipinski definition) is 1. The third-order valence-corrected chi connectivity index (χ3v) is 6.82. The van der Waals surface area contributed by atoms with E-state index in [-0.39, 0.29) is 28.5 Å². The highest BCUT2D eigenvalue weighted by molar-refractivity contribution is 5.85. The lowest BCUT2D eigenvalue weighted by atomic mass is 9.99. The van der Waals surface area contributed by atoms with Gasteiger partial charge in [0.25, 0.3) is 0 Å². The molecule has 0 unspecified atom stereocenters. The third-order valence-electron chi connectivity index (χ3n) is 6.82. The number of rotatable bonds is 19. The van der Waals surface area contributed by atoms with Gasteiger partial charge in [0.1, 0.15) is 0 Å². The Kier molecular flexibility index (Phi) is 45.6. The van der Waals surface area contributed by atoms with E-state index >= 15 is 0 Å². The number of carboxylic acid groups (broad SMARTS) is 1. The van der Waals surface area contributed by atoms with Crippen LogP contribution in [0.2, 0.25) is 0 Å². The number of allylic oxidation sites excluding steroid dienone is 1. The fraction of sp³-hybridized carbons (Fsp3) is 0.479. The van der Waals surface area contributed by atoms with Crippen LogP contribution in [-0.2, 0) is 4.79 Å². The van der Waals surface area contributed by atoms with Crippen LogP contribution >= 0.6 is 0 Å². The molecule has 0 aliphatic rings. The first kappa shape index (κ1) is 50.3. The van der Waals surface area contributed by atoms with Crippen LogP contribution in [0.3, 0.4) is 0 Å². The maximum atomic E-state index is 10.8. The first-order chi connectivity index (χ1) is 25.5. The summed E-state index contributed by atoms with van der Waals surface area (Å²) in [7, 11) is 0. The highest BCUT2D eigenvalue weighted by Crippen LogP contribution is 2.16. The summed E-state index contributed by atoms with van der Waals surface area (Å²) in [4.78, 5) is 24.8. The van der Waals surface area contributed by atoms with Gasteiger partial charge in [-0.15, -0.1) is 0 Å². The van der Waals surface area contributed by atoms with Crippen LogP contribution in [0, 0.1) is 146 Å². The molecule has 0 radical (unpaired) electrons. The molecule has 0 heterocycles. The molecule has 0 amide bonds. The van der Waals surface area contributed by atoms with Crippen LogP contribution < -0.4 is 0 Å². The molecular weight excluding hydrogens is 641 g/mol. The van der Waals surface area contributed by atoms with Crippen molar-refractivity contribution in [2.45, 2.75) is 144 Å². The van der Waals surface area contributed by atoms with E-state index in [2.05, 4.69) is 144 Å². The summed E-state index contributed by atoms with van der Waals surface area (Å²) in [6.07, 6.45) is 25.3. The average Bonchev–Trinajstić information content (AvgIpc) is 3.15. The zero-order valence-corrected chi connectivity index (χ0v) is 31.8. The molecule has 4 heteroatoms. The van der Waals surface area contributed by atoms with E-state index in [0.29, 0.717) is 11.5 Å². The van der Waals surface area contributed by atoms with Crippen LogP contribution in [0.5, 0.6) is 0 Å². The van der Waals surface area contributed by atoms with Gasteiger partial charge in [-0.25, -0.2) is 4.79 Å². The van der Waals surface area contributed by atoms with Crippen LogP contribution in [0.25, 0.3) is 0 Å². The van der Waals surface area contributed by atoms with Gasteiger partial charge >= 0.3 is 5.97 Å². The van der Waals surface area contributed by atoms with Gasteiger partial charge < -0.3 is 5.11 Å². The molecule has 0 saturated heterocycles. The minimum Gasteiger partial charge on any atom is -0.478 e. The molecule has 0 aromatic rings. The Labute approximate surface area is 346 Å². The summed E-state index contributed by atoms with van der Waals surface area (Å²) < 4.78 is 0. The van der Waals surface area contributed by atoms with Crippen LogP contribution in [-0.4, -0.2) is 11.1 Å². The predicted octanol–water partition coefficient (Wildman–Crippen LogP) is 14.4. The Morgan fingerprint density at radius 2 is 0.712 bits per heavy atom. The molecule has 0 aliphatic heterocycles. The molecule has 0 rings (SSSR count). The van der Waals surface area contributed by atoms with Crippen molar-refractivity contribution in [1.82, 2.24) is 0 Å². The minimum absolute atomic E-state index is 0. The van der Waals surface area contributed by atoms with E-state index in [4.69, 9.17) is 15.0 Å².